The maximum Gasteiger partial charge on any atom is 0.232 e. The Balaban J connectivity index is 2.19. The van der Waals surface area contributed by atoms with Gasteiger partial charge in [-0.15, -0.1) is 11.8 Å². The first-order valence-corrected chi connectivity index (χ1v) is 9.43. The van der Waals surface area contributed by atoms with E-state index >= 15 is 0 Å². The molecule has 0 aromatic carbocycles. The van der Waals surface area contributed by atoms with Crippen LogP contribution in [-0.4, -0.2) is 71.2 Å². The predicted octanol–water partition coefficient (Wildman–Crippen LogP) is 1.11. The molecular formula is C16H29N3O3S. The molecule has 0 aliphatic carbocycles. The topological polar surface area (TPSA) is 69.7 Å². The van der Waals surface area contributed by atoms with Crippen LogP contribution in [0.4, 0.5) is 0 Å². The Morgan fingerprint density at radius 3 is 2.30 bits per heavy atom. The molecule has 1 saturated heterocycles. The largest absolute Gasteiger partial charge is 0.355 e. The van der Waals surface area contributed by atoms with Gasteiger partial charge in [-0.25, -0.2) is 0 Å². The number of amides is 3. The van der Waals surface area contributed by atoms with Gasteiger partial charge >= 0.3 is 0 Å². The Morgan fingerprint density at radius 1 is 1.13 bits per heavy atom. The number of hydrogen-bond donors (Lipinski definition) is 1. The zero-order chi connectivity index (χ0) is 17.2. The quantitative estimate of drug-likeness (QED) is 0.670. The molecule has 1 aliphatic heterocycles. The second-order valence-corrected chi connectivity index (χ2v) is 7.24. The van der Waals surface area contributed by atoms with E-state index in [-0.39, 0.29) is 23.0 Å². The summed E-state index contributed by atoms with van der Waals surface area (Å²) >= 11 is 1.65. The maximum atomic E-state index is 12.1. The number of carbonyl (C=O) groups is 3. The van der Waals surface area contributed by atoms with Crippen LogP contribution in [0.5, 0.6) is 0 Å². The molecule has 0 saturated carbocycles. The third-order valence-corrected chi connectivity index (χ3v) is 5.19. The van der Waals surface area contributed by atoms with E-state index in [2.05, 4.69) is 12.2 Å². The van der Waals surface area contributed by atoms with E-state index in [1.165, 1.54) is 0 Å². The first-order valence-electron chi connectivity index (χ1n) is 8.38. The monoisotopic (exact) mass is 343 g/mol. The number of unbranched alkanes of at least 4 members (excludes halogenated alkanes) is 1. The molecule has 0 radical (unpaired) electrons. The van der Waals surface area contributed by atoms with Gasteiger partial charge in [0, 0.05) is 46.1 Å². The van der Waals surface area contributed by atoms with Gasteiger partial charge in [0.05, 0.1) is 5.25 Å². The second kappa shape index (κ2) is 10.5. The minimum absolute atomic E-state index is 0.000280. The molecule has 1 N–H and O–H groups in total. The highest BCUT2D eigenvalue weighted by Crippen LogP contribution is 2.12. The summed E-state index contributed by atoms with van der Waals surface area (Å²) in [5.41, 5.74) is 0. The van der Waals surface area contributed by atoms with Gasteiger partial charge in [-0.05, 0) is 19.1 Å². The molecule has 0 aromatic heterocycles. The number of piperazine rings is 1. The van der Waals surface area contributed by atoms with Crippen molar-refractivity contribution in [1.82, 2.24) is 15.1 Å². The fourth-order valence-corrected chi connectivity index (χ4v) is 3.39. The summed E-state index contributed by atoms with van der Waals surface area (Å²) in [5, 5.41) is 2.76. The number of nitrogens with zero attached hydrogens (tertiary/aromatic N) is 2. The van der Waals surface area contributed by atoms with Crippen molar-refractivity contribution in [2.75, 3.05) is 38.5 Å². The lowest BCUT2D eigenvalue weighted by atomic mass is 10.2. The van der Waals surface area contributed by atoms with Crippen molar-refractivity contribution in [1.29, 1.82) is 0 Å². The van der Waals surface area contributed by atoms with E-state index < -0.39 is 0 Å². The van der Waals surface area contributed by atoms with Crippen molar-refractivity contribution < 1.29 is 14.4 Å². The first-order chi connectivity index (χ1) is 11.0. The number of nitrogens with one attached hydrogen (secondary N) is 1. The van der Waals surface area contributed by atoms with Gasteiger partial charge in [-0.2, -0.15) is 0 Å². The van der Waals surface area contributed by atoms with E-state index in [1.807, 2.05) is 6.92 Å². The Bertz CT molecular complexity index is 409. The molecule has 1 rings (SSSR count). The van der Waals surface area contributed by atoms with Crippen molar-refractivity contribution in [2.24, 2.45) is 0 Å². The van der Waals surface area contributed by atoms with Gasteiger partial charge in [-0.3, -0.25) is 14.4 Å². The molecule has 6 nitrogen and oxygen atoms in total. The van der Waals surface area contributed by atoms with E-state index in [4.69, 9.17) is 0 Å². The van der Waals surface area contributed by atoms with Gasteiger partial charge in [0.2, 0.25) is 17.7 Å². The summed E-state index contributed by atoms with van der Waals surface area (Å²) in [5.74, 6) is 1.09. The third kappa shape index (κ3) is 7.24. The Hall–Kier alpha value is -1.24. The van der Waals surface area contributed by atoms with Crippen LogP contribution in [-0.2, 0) is 14.4 Å². The molecule has 0 unspecified atom stereocenters. The molecule has 1 aliphatic rings. The molecular weight excluding hydrogens is 314 g/mol. The van der Waals surface area contributed by atoms with E-state index in [0.29, 0.717) is 39.1 Å². The number of carbonyl (C=O) groups excluding carboxylic acids is 3. The molecule has 3 amide bonds. The summed E-state index contributed by atoms with van der Waals surface area (Å²) in [6.07, 6.45) is 2.57. The molecule has 23 heavy (non-hydrogen) atoms. The first kappa shape index (κ1) is 19.8. The van der Waals surface area contributed by atoms with E-state index in [9.17, 15) is 14.4 Å². The molecule has 1 atom stereocenters. The van der Waals surface area contributed by atoms with Crippen LogP contribution in [0.2, 0.25) is 0 Å². The average molecular weight is 343 g/mol. The third-order valence-electron chi connectivity index (χ3n) is 3.95. The Labute approximate surface area is 143 Å². The fraction of sp³-hybridized carbons (Fsp3) is 0.812. The lowest BCUT2D eigenvalue weighted by Gasteiger charge is -2.34. The van der Waals surface area contributed by atoms with Crippen molar-refractivity contribution in [2.45, 2.75) is 45.3 Å². The summed E-state index contributed by atoms with van der Waals surface area (Å²) in [4.78, 5) is 38.8. The summed E-state index contributed by atoms with van der Waals surface area (Å²) in [6.45, 7) is 8.31. The highest BCUT2D eigenvalue weighted by molar-refractivity contribution is 8.00. The molecule has 1 fully saturated rings. The van der Waals surface area contributed by atoms with Crippen molar-refractivity contribution in [3.63, 3.8) is 0 Å². The highest BCUT2D eigenvalue weighted by Gasteiger charge is 2.22. The van der Waals surface area contributed by atoms with Gasteiger partial charge in [0.25, 0.3) is 0 Å². The normalized spacial score (nSPS) is 16.1. The molecule has 0 aromatic rings. The fourth-order valence-electron chi connectivity index (χ4n) is 2.35. The smallest absolute Gasteiger partial charge is 0.232 e. The Morgan fingerprint density at radius 2 is 1.74 bits per heavy atom. The number of hydrogen-bond acceptors (Lipinski definition) is 4. The molecule has 0 bridgehead atoms. The van der Waals surface area contributed by atoms with Crippen molar-refractivity contribution in [3.8, 4) is 0 Å². The standard InChI is InChI=1S/C16H29N3O3S/c1-4-5-12-23-13(2)16(22)17-7-6-15(21)19-10-8-18(9-11-19)14(3)20/h13H,4-12H2,1-3H3,(H,17,22)/t13-/m0/s1. The van der Waals surface area contributed by atoms with E-state index in [0.717, 1.165) is 18.6 Å². The van der Waals surface area contributed by atoms with Crippen LogP contribution in [0.3, 0.4) is 0 Å². The minimum Gasteiger partial charge on any atom is -0.355 e. The van der Waals surface area contributed by atoms with Crippen LogP contribution in [0, 0.1) is 0 Å². The van der Waals surface area contributed by atoms with Crippen LogP contribution >= 0.6 is 11.8 Å². The van der Waals surface area contributed by atoms with Crippen LogP contribution in [0.1, 0.15) is 40.0 Å². The molecule has 0 spiro atoms. The number of thioether (sulfide) groups is 1. The lowest BCUT2D eigenvalue weighted by molar-refractivity contribution is -0.138. The van der Waals surface area contributed by atoms with E-state index in [1.54, 1.807) is 28.5 Å². The van der Waals surface area contributed by atoms with Crippen LogP contribution in [0.15, 0.2) is 0 Å². The average Bonchev–Trinajstić information content (AvgIpc) is 2.54. The SMILES string of the molecule is CCCCS[C@@H](C)C(=O)NCCC(=O)N1CCN(C(C)=O)CC1. The zero-order valence-electron chi connectivity index (χ0n) is 14.5. The minimum atomic E-state index is -0.0734. The van der Waals surface area contributed by atoms with Gasteiger partial charge in [0.1, 0.15) is 0 Å². The van der Waals surface area contributed by atoms with Crippen molar-refractivity contribution >= 4 is 29.5 Å². The highest BCUT2D eigenvalue weighted by atomic mass is 32.2. The lowest BCUT2D eigenvalue weighted by Crippen LogP contribution is -2.50. The number of rotatable bonds is 8. The molecule has 132 valence electrons. The van der Waals surface area contributed by atoms with Crippen molar-refractivity contribution in [3.05, 3.63) is 0 Å². The Kier molecular flexibility index (Phi) is 9.06. The van der Waals surface area contributed by atoms with Crippen LogP contribution < -0.4 is 5.32 Å². The summed E-state index contributed by atoms with van der Waals surface area (Å²) < 4.78 is 0. The van der Waals surface area contributed by atoms with Gasteiger partial charge in [-0.1, -0.05) is 13.3 Å². The zero-order valence-corrected chi connectivity index (χ0v) is 15.3. The summed E-state index contributed by atoms with van der Waals surface area (Å²) in [6, 6.07) is 0. The maximum absolute atomic E-state index is 12.1. The molecule has 7 heteroatoms. The molecule has 1 heterocycles. The predicted molar refractivity (Wildman–Crippen MR) is 93.3 cm³/mol. The van der Waals surface area contributed by atoms with Crippen LogP contribution in [0.25, 0.3) is 0 Å². The van der Waals surface area contributed by atoms with Gasteiger partial charge < -0.3 is 15.1 Å². The second-order valence-electron chi connectivity index (χ2n) is 5.79. The summed E-state index contributed by atoms with van der Waals surface area (Å²) in [7, 11) is 0. The van der Waals surface area contributed by atoms with Gasteiger partial charge in [0.15, 0.2) is 0 Å².